The van der Waals surface area contributed by atoms with Gasteiger partial charge in [0.15, 0.2) is 0 Å². The van der Waals surface area contributed by atoms with Crippen molar-refractivity contribution < 1.29 is 23.1 Å². The maximum Gasteiger partial charge on any atom is 0.262 e. The van der Waals surface area contributed by atoms with E-state index in [-0.39, 0.29) is 33.8 Å². The Morgan fingerprint density at radius 2 is 1.80 bits per heavy atom. The molecule has 0 aliphatic heterocycles. The largest absolute Gasteiger partial charge is 0.506 e. The number of nitrogens with one attached hydrogen (secondary N) is 2. The summed E-state index contributed by atoms with van der Waals surface area (Å²) in [6.45, 7) is 3.38. The summed E-state index contributed by atoms with van der Waals surface area (Å²) < 4.78 is 32.7. The van der Waals surface area contributed by atoms with Gasteiger partial charge in [-0.2, -0.15) is 0 Å². The molecule has 0 spiro atoms. The molecule has 0 fully saturated rings. The number of methoxy groups -OCH3 is 1. The fraction of sp³-hybridized carbons (Fsp3) is 0.235. The van der Waals surface area contributed by atoms with E-state index >= 15 is 0 Å². The monoisotopic (exact) mass is 364 g/mol. The van der Waals surface area contributed by atoms with E-state index in [1.165, 1.54) is 25.3 Å². The fourth-order valence-corrected chi connectivity index (χ4v) is 3.09. The first kappa shape index (κ1) is 18.6. The lowest BCUT2D eigenvalue weighted by Crippen LogP contribution is -2.19. The van der Waals surface area contributed by atoms with Crippen molar-refractivity contribution in [2.24, 2.45) is 5.92 Å². The van der Waals surface area contributed by atoms with E-state index in [2.05, 4.69) is 10.0 Å². The van der Waals surface area contributed by atoms with Gasteiger partial charge in [0.2, 0.25) is 5.91 Å². The Bertz CT molecular complexity index is 878. The quantitative estimate of drug-likeness (QED) is 0.684. The van der Waals surface area contributed by atoms with Gasteiger partial charge < -0.3 is 15.2 Å². The standard InChI is InChI=1S/C17H20N2O5S/c1-11(2)17(21)18-14-10-12(8-9-15(14)20)25(22,23)19-13-6-4-5-7-16(13)24-3/h4-11,19-20H,1-3H3,(H,18,21). The molecule has 0 atom stereocenters. The SMILES string of the molecule is COc1ccccc1NS(=O)(=O)c1ccc(O)c(NC(=O)C(C)C)c1. The van der Waals surface area contributed by atoms with Crippen molar-refractivity contribution in [1.29, 1.82) is 0 Å². The number of sulfonamides is 1. The average molecular weight is 364 g/mol. The number of carbonyl (C=O) groups excluding carboxylic acids is 1. The number of phenols is 1. The molecule has 8 heteroatoms. The maximum atomic E-state index is 12.6. The van der Waals surface area contributed by atoms with E-state index in [1.807, 2.05) is 0 Å². The van der Waals surface area contributed by atoms with Gasteiger partial charge in [-0.1, -0.05) is 26.0 Å². The number of hydrogen-bond donors (Lipinski definition) is 3. The first-order chi connectivity index (χ1) is 11.7. The van der Waals surface area contributed by atoms with Crippen molar-refractivity contribution in [3.63, 3.8) is 0 Å². The van der Waals surface area contributed by atoms with Crippen LogP contribution in [0.5, 0.6) is 11.5 Å². The molecule has 0 saturated heterocycles. The number of para-hydroxylation sites is 2. The Hall–Kier alpha value is -2.74. The second kappa shape index (κ2) is 7.43. The highest BCUT2D eigenvalue weighted by Crippen LogP contribution is 2.30. The lowest BCUT2D eigenvalue weighted by atomic mass is 10.2. The third-order valence-electron chi connectivity index (χ3n) is 3.41. The van der Waals surface area contributed by atoms with Crippen LogP contribution in [0.1, 0.15) is 13.8 Å². The van der Waals surface area contributed by atoms with Crippen molar-refractivity contribution in [1.82, 2.24) is 0 Å². The highest BCUT2D eigenvalue weighted by Gasteiger charge is 2.19. The number of hydrogen-bond acceptors (Lipinski definition) is 5. The minimum absolute atomic E-state index is 0.0293. The maximum absolute atomic E-state index is 12.6. The summed E-state index contributed by atoms with van der Waals surface area (Å²) in [7, 11) is -2.50. The molecule has 0 aliphatic rings. The number of aromatic hydroxyl groups is 1. The molecular weight excluding hydrogens is 344 g/mol. The molecule has 0 aromatic heterocycles. The first-order valence-corrected chi connectivity index (χ1v) is 9.02. The van der Waals surface area contributed by atoms with Gasteiger partial charge in [-0.3, -0.25) is 9.52 Å². The van der Waals surface area contributed by atoms with Gasteiger partial charge in [0.05, 0.1) is 23.4 Å². The average Bonchev–Trinajstić information content (AvgIpc) is 2.56. The molecule has 134 valence electrons. The van der Waals surface area contributed by atoms with Crippen molar-refractivity contribution in [2.75, 3.05) is 17.1 Å². The van der Waals surface area contributed by atoms with Crippen LogP contribution in [-0.2, 0) is 14.8 Å². The van der Waals surface area contributed by atoms with Gasteiger partial charge >= 0.3 is 0 Å². The minimum atomic E-state index is -3.93. The van der Waals surface area contributed by atoms with Crippen molar-refractivity contribution in [2.45, 2.75) is 18.7 Å². The minimum Gasteiger partial charge on any atom is -0.506 e. The summed E-state index contributed by atoms with van der Waals surface area (Å²) in [5.41, 5.74) is 0.312. The number of anilines is 2. The summed E-state index contributed by atoms with van der Waals surface area (Å²) in [4.78, 5) is 11.7. The van der Waals surface area contributed by atoms with Crippen LogP contribution in [0.25, 0.3) is 0 Å². The molecule has 0 saturated carbocycles. The second-order valence-corrected chi connectivity index (χ2v) is 7.31. The van der Waals surface area contributed by atoms with Crippen LogP contribution in [0.4, 0.5) is 11.4 Å². The molecule has 3 N–H and O–H groups in total. The van der Waals surface area contributed by atoms with Crippen LogP contribution >= 0.6 is 0 Å². The van der Waals surface area contributed by atoms with Gasteiger partial charge in [-0.05, 0) is 30.3 Å². The van der Waals surface area contributed by atoms with E-state index in [9.17, 15) is 18.3 Å². The molecule has 2 rings (SSSR count). The van der Waals surface area contributed by atoms with Gasteiger partial charge in [-0.15, -0.1) is 0 Å². The fourth-order valence-electron chi connectivity index (χ4n) is 1.99. The number of ether oxygens (including phenoxy) is 1. The molecule has 7 nitrogen and oxygen atoms in total. The topological polar surface area (TPSA) is 105 Å². The summed E-state index contributed by atoms with van der Waals surface area (Å²) >= 11 is 0. The van der Waals surface area contributed by atoms with Crippen LogP contribution in [0, 0.1) is 5.92 Å². The zero-order valence-corrected chi connectivity index (χ0v) is 14.9. The zero-order valence-electron chi connectivity index (χ0n) is 14.1. The molecule has 2 aromatic carbocycles. The van der Waals surface area contributed by atoms with E-state index in [4.69, 9.17) is 4.74 Å². The van der Waals surface area contributed by atoms with Gasteiger partial charge in [-0.25, -0.2) is 8.42 Å². The molecule has 0 bridgehead atoms. The Balaban J connectivity index is 2.35. The Morgan fingerprint density at radius 1 is 1.12 bits per heavy atom. The molecule has 2 aromatic rings. The zero-order chi connectivity index (χ0) is 18.6. The lowest BCUT2D eigenvalue weighted by Gasteiger charge is -2.14. The molecule has 0 unspecified atom stereocenters. The summed E-state index contributed by atoms with van der Waals surface area (Å²) in [5, 5.41) is 12.4. The first-order valence-electron chi connectivity index (χ1n) is 7.54. The third kappa shape index (κ3) is 4.42. The number of benzene rings is 2. The van der Waals surface area contributed by atoms with Crippen LogP contribution in [0.15, 0.2) is 47.4 Å². The predicted octanol–water partition coefficient (Wildman–Crippen LogP) is 2.80. The number of phenolic OH excluding ortho intramolecular Hbond substituents is 1. The van der Waals surface area contributed by atoms with Crippen LogP contribution in [-0.4, -0.2) is 26.5 Å². The van der Waals surface area contributed by atoms with Crippen molar-refractivity contribution in [3.8, 4) is 11.5 Å². The number of carbonyl (C=O) groups is 1. The highest BCUT2D eigenvalue weighted by molar-refractivity contribution is 7.92. The Morgan fingerprint density at radius 3 is 2.44 bits per heavy atom. The normalized spacial score (nSPS) is 11.2. The van der Waals surface area contributed by atoms with Crippen LogP contribution in [0.2, 0.25) is 0 Å². The van der Waals surface area contributed by atoms with Gasteiger partial charge in [0, 0.05) is 5.92 Å². The van der Waals surface area contributed by atoms with Gasteiger partial charge in [0.1, 0.15) is 11.5 Å². The molecule has 1 amide bonds. The van der Waals surface area contributed by atoms with E-state index in [0.29, 0.717) is 5.75 Å². The Labute approximate surface area is 146 Å². The summed E-state index contributed by atoms with van der Waals surface area (Å²) in [5.74, 6) is -0.489. The van der Waals surface area contributed by atoms with E-state index in [1.54, 1.807) is 38.1 Å². The number of amides is 1. The van der Waals surface area contributed by atoms with E-state index in [0.717, 1.165) is 0 Å². The van der Waals surface area contributed by atoms with E-state index < -0.39 is 10.0 Å². The highest BCUT2D eigenvalue weighted by atomic mass is 32.2. The molecule has 0 radical (unpaired) electrons. The third-order valence-corrected chi connectivity index (χ3v) is 4.78. The summed E-state index contributed by atoms with van der Waals surface area (Å²) in [6.07, 6.45) is 0. The lowest BCUT2D eigenvalue weighted by molar-refractivity contribution is -0.118. The van der Waals surface area contributed by atoms with Crippen molar-refractivity contribution in [3.05, 3.63) is 42.5 Å². The number of rotatable bonds is 6. The van der Waals surface area contributed by atoms with Crippen molar-refractivity contribution >= 4 is 27.3 Å². The van der Waals surface area contributed by atoms with Gasteiger partial charge in [0.25, 0.3) is 10.0 Å². The molecule has 0 aliphatic carbocycles. The molecule has 0 heterocycles. The predicted molar refractivity (Wildman–Crippen MR) is 95.4 cm³/mol. The van der Waals surface area contributed by atoms with Crippen LogP contribution in [0.3, 0.4) is 0 Å². The smallest absolute Gasteiger partial charge is 0.262 e. The Kier molecular flexibility index (Phi) is 5.53. The molecule has 25 heavy (non-hydrogen) atoms. The van der Waals surface area contributed by atoms with Crippen LogP contribution < -0.4 is 14.8 Å². The summed E-state index contributed by atoms with van der Waals surface area (Å²) in [6, 6.07) is 10.3. The molecular formula is C17H20N2O5S. The second-order valence-electron chi connectivity index (χ2n) is 5.63.